The SMILES string of the molecule is CCC1CN2C(=O)CCC2C(O)C1O. The molecule has 0 aliphatic carbocycles. The summed E-state index contributed by atoms with van der Waals surface area (Å²) in [5, 5.41) is 19.6. The van der Waals surface area contributed by atoms with E-state index in [2.05, 4.69) is 0 Å². The van der Waals surface area contributed by atoms with Crippen molar-refractivity contribution in [3.63, 3.8) is 0 Å². The summed E-state index contributed by atoms with van der Waals surface area (Å²) >= 11 is 0. The lowest BCUT2D eigenvalue weighted by atomic mass is 9.86. The van der Waals surface area contributed by atoms with Gasteiger partial charge in [-0.2, -0.15) is 0 Å². The molecule has 2 heterocycles. The lowest BCUT2D eigenvalue weighted by molar-refractivity contribution is -0.142. The first-order valence-electron chi connectivity index (χ1n) is 5.30. The number of rotatable bonds is 1. The predicted octanol–water partition coefficient (Wildman–Crippen LogP) is -0.261. The van der Waals surface area contributed by atoms with Gasteiger partial charge in [-0.05, 0) is 12.8 Å². The second-order valence-corrected chi connectivity index (χ2v) is 4.30. The van der Waals surface area contributed by atoms with Crippen LogP contribution in [0.2, 0.25) is 0 Å². The Morgan fingerprint density at radius 1 is 1.43 bits per heavy atom. The summed E-state index contributed by atoms with van der Waals surface area (Å²) in [6, 6.07) is -0.139. The molecular formula is C10H17NO3. The summed E-state index contributed by atoms with van der Waals surface area (Å²) in [5.41, 5.74) is 0. The molecule has 2 N–H and O–H groups in total. The standard InChI is InChI=1S/C10H17NO3/c1-2-6-5-11-7(3-4-8(11)12)10(14)9(6)13/h6-7,9-10,13-14H,2-5H2,1H3. The number of hydrogen-bond donors (Lipinski definition) is 2. The fourth-order valence-electron chi connectivity index (χ4n) is 2.59. The molecule has 2 aliphatic rings. The molecule has 0 spiro atoms. The highest BCUT2D eigenvalue weighted by Gasteiger charge is 2.45. The van der Waals surface area contributed by atoms with E-state index in [-0.39, 0.29) is 17.9 Å². The Kier molecular flexibility index (Phi) is 2.49. The van der Waals surface area contributed by atoms with Crippen LogP contribution in [0.15, 0.2) is 0 Å². The third-order valence-corrected chi connectivity index (χ3v) is 3.56. The Labute approximate surface area is 83.5 Å². The first-order chi connectivity index (χ1) is 6.65. The van der Waals surface area contributed by atoms with E-state index >= 15 is 0 Å². The van der Waals surface area contributed by atoms with Crippen LogP contribution in [0.5, 0.6) is 0 Å². The van der Waals surface area contributed by atoms with Crippen molar-refractivity contribution in [1.29, 1.82) is 0 Å². The first kappa shape index (κ1) is 9.93. The molecule has 2 rings (SSSR count). The van der Waals surface area contributed by atoms with Crippen LogP contribution in [-0.4, -0.2) is 45.8 Å². The highest BCUT2D eigenvalue weighted by molar-refractivity contribution is 5.79. The average Bonchev–Trinajstić information content (AvgIpc) is 2.54. The zero-order chi connectivity index (χ0) is 10.3. The molecular weight excluding hydrogens is 182 g/mol. The molecule has 0 aromatic carbocycles. The van der Waals surface area contributed by atoms with Crippen molar-refractivity contribution in [2.45, 2.75) is 44.4 Å². The average molecular weight is 199 g/mol. The van der Waals surface area contributed by atoms with Gasteiger partial charge in [-0.25, -0.2) is 0 Å². The molecule has 4 heteroatoms. The maximum atomic E-state index is 11.5. The van der Waals surface area contributed by atoms with Crippen molar-refractivity contribution in [2.75, 3.05) is 6.54 Å². The molecule has 2 fully saturated rings. The van der Waals surface area contributed by atoms with Gasteiger partial charge in [0.05, 0.1) is 12.1 Å². The van der Waals surface area contributed by atoms with Crippen LogP contribution in [0.1, 0.15) is 26.2 Å². The quantitative estimate of drug-likeness (QED) is 0.611. The molecule has 0 radical (unpaired) electrons. The molecule has 4 atom stereocenters. The molecule has 1 amide bonds. The summed E-state index contributed by atoms with van der Waals surface area (Å²) < 4.78 is 0. The van der Waals surface area contributed by atoms with Crippen molar-refractivity contribution < 1.29 is 15.0 Å². The van der Waals surface area contributed by atoms with Gasteiger partial charge in [-0.15, -0.1) is 0 Å². The zero-order valence-corrected chi connectivity index (χ0v) is 8.39. The minimum atomic E-state index is -0.750. The highest BCUT2D eigenvalue weighted by Crippen LogP contribution is 2.32. The molecule has 0 bridgehead atoms. The van der Waals surface area contributed by atoms with E-state index in [1.807, 2.05) is 6.92 Å². The molecule has 2 aliphatic heterocycles. The van der Waals surface area contributed by atoms with Crippen LogP contribution < -0.4 is 0 Å². The fraction of sp³-hybridized carbons (Fsp3) is 0.900. The van der Waals surface area contributed by atoms with Crippen LogP contribution in [0.25, 0.3) is 0 Å². The Bertz CT molecular complexity index is 244. The van der Waals surface area contributed by atoms with Crippen LogP contribution in [0.3, 0.4) is 0 Å². The fourth-order valence-corrected chi connectivity index (χ4v) is 2.59. The van der Waals surface area contributed by atoms with Gasteiger partial charge in [0.25, 0.3) is 0 Å². The van der Waals surface area contributed by atoms with Gasteiger partial charge in [0.15, 0.2) is 0 Å². The second kappa shape index (κ2) is 3.51. The number of fused-ring (bicyclic) bond motifs is 1. The number of carbonyl (C=O) groups is 1. The number of carbonyl (C=O) groups excluding carboxylic acids is 1. The van der Waals surface area contributed by atoms with E-state index in [4.69, 9.17) is 0 Å². The van der Waals surface area contributed by atoms with Gasteiger partial charge in [-0.1, -0.05) is 6.92 Å². The minimum Gasteiger partial charge on any atom is -0.390 e. The smallest absolute Gasteiger partial charge is 0.222 e. The zero-order valence-electron chi connectivity index (χ0n) is 8.39. The van der Waals surface area contributed by atoms with E-state index in [0.717, 1.165) is 6.42 Å². The van der Waals surface area contributed by atoms with E-state index in [0.29, 0.717) is 19.4 Å². The third-order valence-electron chi connectivity index (χ3n) is 3.56. The minimum absolute atomic E-state index is 0.0308. The molecule has 80 valence electrons. The molecule has 14 heavy (non-hydrogen) atoms. The van der Waals surface area contributed by atoms with Gasteiger partial charge in [0.1, 0.15) is 6.10 Å². The van der Waals surface area contributed by atoms with Crippen molar-refractivity contribution in [2.24, 2.45) is 5.92 Å². The number of aliphatic hydroxyl groups is 2. The monoisotopic (exact) mass is 199 g/mol. The van der Waals surface area contributed by atoms with Gasteiger partial charge in [0.2, 0.25) is 5.91 Å². The summed E-state index contributed by atoms with van der Waals surface area (Å²) in [4.78, 5) is 13.2. The number of piperidine rings is 1. The van der Waals surface area contributed by atoms with Crippen molar-refractivity contribution in [1.82, 2.24) is 4.90 Å². The number of amides is 1. The van der Waals surface area contributed by atoms with Crippen LogP contribution >= 0.6 is 0 Å². The van der Waals surface area contributed by atoms with Gasteiger partial charge < -0.3 is 15.1 Å². The highest BCUT2D eigenvalue weighted by atomic mass is 16.3. The number of nitrogens with zero attached hydrogens (tertiary/aromatic N) is 1. The van der Waals surface area contributed by atoms with Gasteiger partial charge >= 0.3 is 0 Å². The Balaban J connectivity index is 2.16. The maximum absolute atomic E-state index is 11.5. The Morgan fingerprint density at radius 3 is 2.79 bits per heavy atom. The normalized spacial score (nSPS) is 42.8. The van der Waals surface area contributed by atoms with Crippen LogP contribution in [0, 0.1) is 5.92 Å². The van der Waals surface area contributed by atoms with E-state index in [1.54, 1.807) is 4.90 Å². The Morgan fingerprint density at radius 2 is 2.14 bits per heavy atom. The molecule has 2 saturated heterocycles. The third kappa shape index (κ3) is 1.33. The number of hydrogen-bond acceptors (Lipinski definition) is 3. The lowest BCUT2D eigenvalue weighted by Gasteiger charge is -2.41. The first-order valence-corrected chi connectivity index (χ1v) is 5.30. The van der Waals surface area contributed by atoms with Crippen molar-refractivity contribution in [3.05, 3.63) is 0 Å². The predicted molar refractivity (Wildman–Crippen MR) is 50.5 cm³/mol. The Hall–Kier alpha value is -0.610. The van der Waals surface area contributed by atoms with E-state index in [9.17, 15) is 15.0 Å². The summed E-state index contributed by atoms with van der Waals surface area (Å²) in [6.45, 7) is 2.58. The number of aliphatic hydroxyl groups excluding tert-OH is 2. The van der Waals surface area contributed by atoms with Crippen molar-refractivity contribution >= 4 is 5.91 Å². The van der Waals surface area contributed by atoms with Gasteiger partial charge in [-0.3, -0.25) is 4.79 Å². The molecule has 4 nitrogen and oxygen atoms in total. The largest absolute Gasteiger partial charge is 0.390 e. The van der Waals surface area contributed by atoms with Crippen molar-refractivity contribution in [3.8, 4) is 0 Å². The van der Waals surface area contributed by atoms with Crippen LogP contribution in [-0.2, 0) is 4.79 Å². The topological polar surface area (TPSA) is 60.8 Å². The molecule has 0 saturated carbocycles. The molecule has 0 aromatic rings. The summed E-state index contributed by atoms with van der Waals surface area (Å²) in [6.07, 6.45) is 0.597. The summed E-state index contributed by atoms with van der Waals surface area (Å²) in [5.74, 6) is 0.155. The molecule has 4 unspecified atom stereocenters. The second-order valence-electron chi connectivity index (χ2n) is 4.30. The maximum Gasteiger partial charge on any atom is 0.222 e. The van der Waals surface area contributed by atoms with E-state index in [1.165, 1.54) is 0 Å². The summed E-state index contributed by atoms with van der Waals surface area (Å²) in [7, 11) is 0. The lowest BCUT2D eigenvalue weighted by Crippen LogP contribution is -2.57. The van der Waals surface area contributed by atoms with Crippen LogP contribution in [0.4, 0.5) is 0 Å². The van der Waals surface area contributed by atoms with E-state index < -0.39 is 12.2 Å². The molecule has 0 aromatic heterocycles. The van der Waals surface area contributed by atoms with Gasteiger partial charge in [0, 0.05) is 18.9 Å².